The van der Waals surface area contributed by atoms with Crippen LogP contribution in [-0.2, 0) is 17.9 Å². The Morgan fingerprint density at radius 2 is 1.83 bits per heavy atom. The van der Waals surface area contributed by atoms with Crippen LogP contribution in [0, 0.1) is 0 Å². The lowest BCUT2D eigenvalue weighted by Crippen LogP contribution is -2.04. The Balaban J connectivity index is 1.67. The van der Waals surface area contributed by atoms with E-state index < -0.39 is 0 Å². The zero-order valence-corrected chi connectivity index (χ0v) is 21.3. The Labute approximate surface area is 214 Å². The molecular weight excluding hydrogens is 487 g/mol. The minimum absolute atomic E-state index is 0.274. The first kappa shape index (κ1) is 24.9. The van der Waals surface area contributed by atoms with E-state index in [4.69, 9.17) is 42.4 Å². The van der Waals surface area contributed by atoms with Gasteiger partial charge < -0.3 is 18.8 Å². The highest BCUT2D eigenvalue weighted by atomic mass is 35.5. The van der Waals surface area contributed by atoms with Gasteiger partial charge in [0.15, 0.2) is 11.5 Å². The molecule has 0 fully saturated rings. The summed E-state index contributed by atoms with van der Waals surface area (Å²) >= 11 is 12.3. The fourth-order valence-electron chi connectivity index (χ4n) is 3.86. The number of ether oxygens (including phenoxy) is 3. The molecule has 4 rings (SSSR count). The molecule has 3 aromatic carbocycles. The van der Waals surface area contributed by atoms with E-state index in [9.17, 15) is 4.79 Å². The van der Waals surface area contributed by atoms with Gasteiger partial charge in [-0.15, -0.1) is 0 Å². The van der Waals surface area contributed by atoms with Gasteiger partial charge in [0, 0.05) is 27.7 Å². The minimum atomic E-state index is -0.357. The monoisotopic (exact) mass is 512 g/mol. The summed E-state index contributed by atoms with van der Waals surface area (Å²) in [5.74, 6) is 1.60. The first-order valence-corrected chi connectivity index (χ1v) is 12.1. The molecule has 0 aliphatic carbocycles. The number of fused-ring (bicyclic) bond motifs is 1. The zero-order chi connectivity index (χ0) is 24.9. The molecule has 4 aromatic rings. The number of benzene rings is 3. The highest BCUT2D eigenvalue weighted by Gasteiger charge is 2.17. The lowest BCUT2D eigenvalue weighted by molar-refractivity contribution is 0.0526. The van der Waals surface area contributed by atoms with Gasteiger partial charge in [0.1, 0.15) is 12.4 Å². The minimum Gasteiger partial charge on any atom is -0.493 e. The van der Waals surface area contributed by atoms with Crippen molar-refractivity contribution in [2.45, 2.75) is 33.4 Å². The molecule has 0 amide bonds. The van der Waals surface area contributed by atoms with Crippen LogP contribution in [-0.4, -0.2) is 29.2 Å². The van der Waals surface area contributed by atoms with Crippen molar-refractivity contribution >= 4 is 40.2 Å². The number of nitrogens with zero attached hydrogens (tertiary/aromatic N) is 2. The summed E-state index contributed by atoms with van der Waals surface area (Å²) in [5.41, 5.74) is 3.86. The Morgan fingerprint density at radius 3 is 2.54 bits per heavy atom. The third kappa shape index (κ3) is 5.39. The first-order valence-electron chi connectivity index (χ1n) is 11.4. The molecule has 0 atom stereocenters. The number of aromatic nitrogens is 2. The van der Waals surface area contributed by atoms with Gasteiger partial charge in [0.2, 0.25) is 0 Å². The molecule has 0 spiro atoms. The molecule has 1 heterocycles. The zero-order valence-electron chi connectivity index (χ0n) is 19.8. The van der Waals surface area contributed by atoms with Crippen molar-refractivity contribution in [1.82, 2.24) is 9.55 Å². The Hall–Kier alpha value is -3.22. The highest BCUT2D eigenvalue weighted by Crippen LogP contribution is 2.35. The first-order chi connectivity index (χ1) is 16.9. The Morgan fingerprint density at radius 1 is 1.00 bits per heavy atom. The van der Waals surface area contributed by atoms with E-state index in [1.165, 1.54) is 0 Å². The van der Waals surface area contributed by atoms with E-state index >= 15 is 0 Å². The van der Waals surface area contributed by atoms with Crippen LogP contribution in [0.2, 0.25) is 10.0 Å². The van der Waals surface area contributed by atoms with E-state index in [1.807, 2.05) is 30.3 Å². The quantitative estimate of drug-likeness (QED) is 0.222. The van der Waals surface area contributed by atoms with Gasteiger partial charge in [-0.25, -0.2) is 9.78 Å². The molecule has 182 valence electrons. The number of imidazole rings is 1. The molecular formula is C27H26Cl2N2O4. The van der Waals surface area contributed by atoms with Crippen LogP contribution in [0.4, 0.5) is 0 Å². The van der Waals surface area contributed by atoms with E-state index in [1.54, 1.807) is 38.3 Å². The molecule has 0 radical (unpaired) electrons. The predicted molar refractivity (Wildman–Crippen MR) is 139 cm³/mol. The molecule has 0 aliphatic rings. The third-order valence-electron chi connectivity index (χ3n) is 5.53. The topological polar surface area (TPSA) is 62.6 Å². The molecule has 8 heteroatoms. The Kier molecular flexibility index (Phi) is 7.83. The van der Waals surface area contributed by atoms with Crippen molar-refractivity contribution in [2.75, 3.05) is 13.7 Å². The van der Waals surface area contributed by atoms with Crippen LogP contribution in [0.25, 0.3) is 22.4 Å². The van der Waals surface area contributed by atoms with Crippen molar-refractivity contribution in [2.24, 2.45) is 0 Å². The van der Waals surface area contributed by atoms with Gasteiger partial charge in [0.05, 0.1) is 30.3 Å². The highest BCUT2D eigenvalue weighted by molar-refractivity contribution is 6.35. The summed E-state index contributed by atoms with van der Waals surface area (Å²) < 4.78 is 18.9. The van der Waals surface area contributed by atoms with Crippen LogP contribution < -0.4 is 9.47 Å². The number of halogens is 2. The molecule has 0 saturated heterocycles. The van der Waals surface area contributed by atoms with Gasteiger partial charge in [-0.05, 0) is 61.9 Å². The molecule has 35 heavy (non-hydrogen) atoms. The number of carbonyl (C=O) groups is 1. The molecule has 0 unspecified atom stereocenters. The largest absolute Gasteiger partial charge is 0.493 e. The van der Waals surface area contributed by atoms with Crippen molar-refractivity contribution in [1.29, 1.82) is 0 Å². The van der Waals surface area contributed by atoms with E-state index in [2.05, 4.69) is 11.5 Å². The molecule has 0 aliphatic heterocycles. The van der Waals surface area contributed by atoms with Crippen molar-refractivity contribution in [3.63, 3.8) is 0 Å². The lowest BCUT2D eigenvalue weighted by atomic mass is 10.1. The molecule has 0 bridgehead atoms. The second kappa shape index (κ2) is 11.0. The van der Waals surface area contributed by atoms with Crippen molar-refractivity contribution < 1.29 is 19.0 Å². The summed E-state index contributed by atoms with van der Waals surface area (Å²) in [6, 6.07) is 16.5. The van der Waals surface area contributed by atoms with Crippen LogP contribution in [0.5, 0.6) is 11.5 Å². The Bertz CT molecular complexity index is 1370. The summed E-state index contributed by atoms with van der Waals surface area (Å²) in [6.07, 6.45) is 0.929. The van der Waals surface area contributed by atoms with E-state index in [-0.39, 0.29) is 12.6 Å². The van der Waals surface area contributed by atoms with Crippen LogP contribution in [0.1, 0.15) is 36.2 Å². The van der Waals surface area contributed by atoms with Crippen LogP contribution in [0.15, 0.2) is 54.6 Å². The number of rotatable bonds is 9. The summed E-state index contributed by atoms with van der Waals surface area (Å²) in [4.78, 5) is 17.0. The van der Waals surface area contributed by atoms with E-state index in [0.29, 0.717) is 33.7 Å². The summed E-state index contributed by atoms with van der Waals surface area (Å²) in [5, 5.41) is 1.12. The molecule has 0 saturated carbocycles. The number of hydrogen-bond acceptors (Lipinski definition) is 5. The number of methoxy groups -OCH3 is 1. The predicted octanol–water partition coefficient (Wildman–Crippen LogP) is 7.18. The number of hydrogen-bond donors (Lipinski definition) is 0. The van der Waals surface area contributed by atoms with Crippen molar-refractivity contribution in [3.05, 3.63) is 75.8 Å². The van der Waals surface area contributed by atoms with Crippen LogP contribution >= 0.6 is 23.2 Å². The maximum absolute atomic E-state index is 12.2. The maximum Gasteiger partial charge on any atom is 0.338 e. The summed E-state index contributed by atoms with van der Waals surface area (Å²) in [6.45, 7) is 5.28. The fourth-order valence-corrected chi connectivity index (χ4v) is 4.32. The second-order valence-electron chi connectivity index (χ2n) is 7.90. The molecule has 1 aromatic heterocycles. The van der Waals surface area contributed by atoms with E-state index in [0.717, 1.165) is 41.0 Å². The standard InChI is InChI=1S/C27H26Cl2N2O4/c1-4-12-31-23-10-7-18(27(32)34-5-2)13-22(23)30-26(31)17-8-11-24(25(14-17)33-3)35-16-19-6-9-20(28)15-21(19)29/h6-11,13-15H,4-5,12,16H2,1-3H3. The normalized spacial score (nSPS) is 11.0. The van der Waals surface area contributed by atoms with Crippen LogP contribution in [0.3, 0.4) is 0 Å². The van der Waals surface area contributed by atoms with Gasteiger partial charge >= 0.3 is 5.97 Å². The number of esters is 1. The summed E-state index contributed by atoms with van der Waals surface area (Å²) in [7, 11) is 1.60. The molecule has 0 N–H and O–H groups in total. The van der Waals surface area contributed by atoms with Crippen molar-refractivity contribution in [3.8, 4) is 22.9 Å². The van der Waals surface area contributed by atoms with Gasteiger partial charge in [-0.2, -0.15) is 0 Å². The average Bonchev–Trinajstić information content (AvgIpc) is 3.21. The lowest BCUT2D eigenvalue weighted by Gasteiger charge is -2.14. The third-order valence-corrected chi connectivity index (χ3v) is 6.11. The maximum atomic E-state index is 12.2. The number of carbonyl (C=O) groups excluding carboxylic acids is 1. The second-order valence-corrected chi connectivity index (χ2v) is 8.74. The van der Waals surface area contributed by atoms with Gasteiger partial charge in [-0.3, -0.25) is 0 Å². The smallest absolute Gasteiger partial charge is 0.338 e. The molecule has 6 nitrogen and oxygen atoms in total. The number of aryl methyl sites for hydroxylation is 1. The van der Waals surface area contributed by atoms with Gasteiger partial charge in [-0.1, -0.05) is 36.2 Å². The SMILES string of the molecule is CCCn1c(-c2ccc(OCc3ccc(Cl)cc3Cl)c(OC)c2)nc2cc(C(=O)OCC)ccc21. The van der Waals surface area contributed by atoms with Gasteiger partial charge in [0.25, 0.3) is 0 Å². The average molecular weight is 513 g/mol. The fraction of sp³-hybridized carbons (Fsp3) is 0.259.